The van der Waals surface area contributed by atoms with Crippen LogP contribution in [0.2, 0.25) is 0 Å². The van der Waals surface area contributed by atoms with Crippen LogP contribution < -0.4 is 10.5 Å². The van der Waals surface area contributed by atoms with E-state index in [4.69, 9.17) is 0 Å². The molecule has 6 rings (SSSR count). The van der Waals surface area contributed by atoms with E-state index < -0.39 is 17.4 Å². The molecule has 5 aromatic rings. The molecule has 0 aliphatic carbocycles. The minimum Gasteiger partial charge on any atom is -0.395 e. The Bertz CT molecular complexity index is 2010. The van der Waals surface area contributed by atoms with Gasteiger partial charge in [-0.25, -0.2) is 0 Å². The molecule has 2 amide bonds. The van der Waals surface area contributed by atoms with Gasteiger partial charge in [-0.1, -0.05) is 97.9 Å². The van der Waals surface area contributed by atoms with E-state index >= 15 is 0 Å². The molecule has 2 N–H and O–H groups in total. The molecule has 0 bridgehead atoms. The van der Waals surface area contributed by atoms with Crippen LogP contribution in [0.25, 0.3) is 16.5 Å². The van der Waals surface area contributed by atoms with Gasteiger partial charge in [0, 0.05) is 36.4 Å². The highest BCUT2D eigenvalue weighted by molar-refractivity contribution is 6.07. The number of carbonyl (C=O) groups excluding carboxylic acids is 2. The second kappa shape index (κ2) is 13.5. The predicted octanol–water partition coefficient (Wildman–Crippen LogP) is 4.72. The lowest BCUT2D eigenvalue weighted by Gasteiger charge is -2.28. The zero-order chi connectivity index (χ0) is 33.0. The van der Waals surface area contributed by atoms with Gasteiger partial charge in [0.15, 0.2) is 5.60 Å². The minimum absolute atomic E-state index is 0.0573. The Balaban J connectivity index is 1.21. The zero-order valence-corrected chi connectivity index (χ0v) is 26.1. The lowest BCUT2D eigenvalue weighted by Crippen LogP contribution is -2.44. The molecule has 9 nitrogen and oxygen atoms in total. The number of aliphatic hydroxyl groups is 2. The van der Waals surface area contributed by atoms with Gasteiger partial charge in [0.25, 0.3) is 11.5 Å². The number of benzene rings is 4. The van der Waals surface area contributed by atoms with E-state index in [0.717, 1.165) is 16.5 Å². The standard InChI is InChI=1S/C38H36N4O5/c1-27(11-9-20-35(44)40(21-22-43)25-28-12-3-2-4-13-28)38(47)33-18-7-8-19-34(33)41(37(38)46)26-29-14-10-16-31(23-29)42-36(45)32-17-6-5-15-30(32)24-39-42/h2-19,23-24,27,43,47H,20-22,25-26H2,1H3/b11-9+/t27-,38+/m1/s1. The van der Waals surface area contributed by atoms with Crippen LogP contribution in [0.3, 0.4) is 0 Å². The summed E-state index contributed by atoms with van der Waals surface area (Å²) in [4.78, 5) is 43.5. The maximum Gasteiger partial charge on any atom is 0.279 e. The molecule has 4 aromatic carbocycles. The van der Waals surface area contributed by atoms with Crippen molar-refractivity contribution in [2.75, 3.05) is 18.1 Å². The second-order valence-electron chi connectivity index (χ2n) is 11.7. The maximum absolute atomic E-state index is 14.1. The zero-order valence-electron chi connectivity index (χ0n) is 26.1. The first-order chi connectivity index (χ1) is 22.8. The fraction of sp³-hybridized carbons (Fsp3) is 0.211. The van der Waals surface area contributed by atoms with Crippen molar-refractivity contribution in [1.82, 2.24) is 14.7 Å². The lowest BCUT2D eigenvalue weighted by atomic mass is 9.83. The van der Waals surface area contributed by atoms with Crippen molar-refractivity contribution in [3.05, 3.63) is 149 Å². The van der Waals surface area contributed by atoms with Crippen LogP contribution >= 0.6 is 0 Å². The highest BCUT2D eigenvalue weighted by Gasteiger charge is 2.52. The third-order valence-corrected chi connectivity index (χ3v) is 8.68. The number of carbonyl (C=O) groups is 2. The smallest absolute Gasteiger partial charge is 0.279 e. The SMILES string of the molecule is C[C@H](/C=C/CC(=O)N(CCO)Cc1ccccc1)[C@@]1(O)C(=O)N(Cc2cccc(-n3ncc4ccccc4c3=O)c2)c2ccccc21. The number of aromatic nitrogens is 2. The van der Waals surface area contributed by atoms with Gasteiger partial charge in [-0.15, -0.1) is 0 Å². The van der Waals surface area contributed by atoms with Gasteiger partial charge in [-0.2, -0.15) is 9.78 Å². The van der Waals surface area contributed by atoms with Crippen LogP contribution in [0.4, 0.5) is 5.69 Å². The summed E-state index contributed by atoms with van der Waals surface area (Å²) in [5.74, 6) is -1.29. The molecule has 1 aliphatic rings. The van der Waals surface area contributed by atoms with Crippen molar-refractivity contribution in [3.8, 4) is 5.69 Å². The summed E-state index contributed by atoms with van der Waals surface area (Å²) in [5.41, 5.74) is 1.28. The molecule has 0 saturated heterocycles. The summed E-state index contributed by atoms with van der Waals surface area (Å²) in [5, 5.41) is 27.2. The molecule has 2 atom stereocenters. The Hall–Kier alpha value is -5.38. The molecular weight excluding hydrogens is 592 g/mol. The van der Waals surface area contributed by atoms with E-state index in [2.05, 4.69) is 5.10 Å². The van der Waals surface area contributed by atoms with Crippen LogP contribution in [0.15, 0.2) is 126 Å². The predicted molar refractivity (Wildman–Crippen MR) is 181 cm³/mol. The number of anilines is 1. The number of hydrogen-bond donors (Lipinski definition) is 2. The van der Waals surface area contributed by atoms with E-state index in [-0.39, 0.29) is 37.6 Å². The first kappa shape index (κ1) is 31.6. The maximum atomic E-state index is 14.1. The van der Waals surface area contributed by atoms with Gasteiger partial charge in [0.05, 0.1) is 36.1 Å². The molecular formula is C38H36N4O5. The Labute approximate surface area is 272 Å². The first-order valence-corrected chi connectivity index (χ1v) is 15.6. The second-order valence-corrected chi connectivity index (χ2v) is 11.7. The molecule has 0 saturated carbocycles. The van der Waals surface area contributed by atoms with Crippen LogP contribution in [0, 0.1) is 5.92 Å². The third kappa shape index (κ3) is 6.23. The van der Waals surface area contributed by atoms with Crippen molar-refractivity contribution in [2.45, 2.75) is 32.0 Å². The van der Waals surface area contributed by atoms with Crippen LogP contribution in [-0.2, 0) is 28.3 Å². The number of amides is 2. The van der Waals surface area contributed by atoms with Crippen molar-refractivity contribution in [1.29, 1.82) is 0 Å². The van der Waals surface area contributed by atoms with Crippen LogP contribution in [0.5, 0.6) is 0 Å². The summed E-state index contributed by atoms with van der Waals surface area (Å²) in [6.45, 7) is 2.35. The quantitative estimate of drug-likeness (QED) is 0.205. The van der Waals surface area contributed by atoms with Gasteiger partial charge in [0.1, 0.15) is 0 Å². The average Bonchev–Trinajstić information content (AvgIpc) is 3.31. The lowest BCUT2D eigenvalue weighted by molar-refractivity contribution is -0.139. The van der Waals surface area contributed by atoms with Gasteiger partial charge >= 0.3 is 0 Å². The summed E-state index contributed by atoms with van der Waals surface area (Å²) >= 11 is 0. The van der Waals surface area contributed by atoms with E-state index in [0.29, 0.717) is 28.9 Å². The molecule has 1 aromatic heterocycles. The Kier molecular flexibility index (Phi) is 9.10. The molecule has 0 fully saturated rings. The highest BCUT2D eigenvalue weighted by Crippen LogP contribution is 2.45. The molecule has 0 unspecified atom stereocenters. The van der Waals surface area contributed by atoms with E-state index in [9.17, 15) is 24.6 Å². The molecule has 0 radical (unpaired) electrons. The monoisotopic (exact) mass is 628 g/mol. The van der Waals surface area contributed by atoms with E-state index in [1.165, 1.54) is 4.68 Å². The number of para-hydroxylation sites is 1. The average molecular weight is 629 g/mol. The number of rotatable bonds is 11. The van der Waals surface area contributed by atoms with E-state index in [1.54, 1.807) is 65.4 Å². The van der Waals surface area contributed by atoms with Gasteiger partial charge in [0.2, 0.25) is 5.91 Å². The summed E-state index contributed by atoms with van der Waals surface area (Å²) in [7, 11) is 0. The number of hydrogen-bond acceptors (Lipinski definition) is 6. The fourth-order valence-electron chi connectivity index (χ4n) is 6.16. The summed E-state index contributed by atoms with van der Waals surface area (Å²) in [6, 6.07) is 31.3. The molecule has 9 heteroatoms. The van der Waals surface area contributed by atoms with E-state index in [1.807, 2.05) is 72.8 Å². The first-order valence-electron chi connectivity index (χ1n) is 15.6. The van der Waals surface area contributed by atoms with Gasteiger partial charge in [-0.3, -0.25) is 14.4 Å². The van der Waals surface area contributed by atoms with Crippen molar-refractivity contribution >= 4 is 28.3 Å². The largest absolute Gasteiger partial charge is 0.395 e. The fourth-order valence-corrected chi connectivity index (χ4v) is 6.16. The van der Waals surface area contributed by atoms with Crippen molar-refractivity contribution in [2.24, 2.45) is 5.92 Å². The van der Waals surface area contributed by atoms with Crippen molar-refractivity contribution < 1.29 is 19.8 Å². The normalized spacial score (nSPS) is 16.5. The Morgan fingerprint density at radius 1 is 0.936 bits per heavy atom. The minimum atomic E-state index is -1.85. The Morgan fingerprint density at radius 2 is 1.66 bits per heavy atom. The molecule has 2 heterocycles. The number of nitrogens with zero attached hydrogens (tertiary/aromatic N) is 4. The van der Waals surface area contributed by atoms with Crippen LogP contribution in [-0.4, -0.2) is 49.9 Å². The topological polar surface area (TPSA) is 116 Å². The highest BCUT2D eigenvalue weighted by atomic mass is 16.3. The Morgan fingerprint density at radius 3 is 2.47 bits per heavy atom. The number of aliphatic hydroxyl groups excluding tert-OH is 1. The molecule has 47 heavy (non-hydrogen) atoms. The third-order valence-electron chi connectivity index (χ3n) is 8.68. The molecule has 0 spiro atoms. The van der Waals surface area contributed by atoms with Gasteiger partial charge in [-0.05, 0) is 35.4 Å². The van der Waals surface area contributed by atoms with Gasteiger partial charge < -0.3 is 20.0 Å². The van der Waals surface area contributed by atoms with Crippen molar-refractivity contribution in [3.63, 3.8) is 0 Å². The van der Waals surface area contributed by atoms with Crippen LogP contribution in [0.1, 0.15) is 30.0 Å². The number of fused-ring (bicyclic) bond motifs is 2. The summed E-state index contributed by atoms with van der Waals surface area (Å²) in [6.07, 6.45) is 5.09. The molecule has 1 aliphatic heterocycles. The summed E-state index contributed by atoms with van der Waals surface area (Å²) < 4.78 is 1.34. The molecule has 238 valence electrons.